The van der Waals surface area contributed by atoms with Gasteiger partial charge < -0.3 is 19.5 Å². The first kappa shape index (κ1) is 17.5. The lowest BCUT2D eigenvalue weighted by atomic mass is 10.0. The van der Waals surface area contributed by atoms with E-state index >= 15 is 0 Å². The standard InChI is InChI=1S/C20H19NO5/c1-24-20(23)12-16(15-5-3-2-4-6-15)21-19(22)10-8-14-7-9-17-18(11-14)26-13-25-17/h2-11,16H,12-13H2,1H3,(H,21,22)/b10-8+/t16-/m0/s1. The Labute approximate surface area is 151 Å². The maximum absolute atomic E-state index is 12.3. The van der Waals surface area contributed by atoms with Crippen LogP contribution in [0.4, 0.5) is 0 Å². The SMILES string of the molecule is COC(=O)C[C@H](NC(=O)/C=C/c1ccc2c(c1)OCO2)c1ccccc1. The van der Waals surface area contributed by atoms with Crippen LogP contribution < -0.4 is 14.8 Å². The predicted octanol–water partition coefficient (Wildman–Crippen LogP) is 2.85. The number of fused-ring (bicyclic) bond motifs is 1. The number of rotatable bonds is 6. The molecule has 0 unspecified atom stereocenters. The van der Waals surface area contributed by atoms with Crippen LogP contribution in [0.3, 0.4) is 0 Å². The highest BCUT2D eigenvalue weighted by molar-refractivity contribution is 5.92. The van der Waals surface area contributed by atoms with Crippen molar-refractivity contribution >= 4 is 18.0 Å². The normalized spacial score (nSPS) is 13.4. The van der Waals surface area contributed by atoms with Crippen molar-refractivity contribution < 1.29 is 23.8 Å². The molecule has 1 amide bonds. The van der Waals surface area contributed by atoms with Gasteiger partial charge in [0.1, 0.15) is 0 Å². The Balaban J connectivity index is 1.68. The first-order chi connectivity index (χ1) is 12.7. The molecular weight excluding hydrogens is 334 g/mol. The third kappa shape index (κ3) is 4.42. The molecule has 1 aliphatic rings. The zero-order chi connectivity index (χ0) is 18.4. The number of benzene rings is 2. The van der Waals surface area contributed by atoms with Gasteiger partial charge in [-0.25, -0.2) is 0 Å². The van der Waals surface area contributed by atoms with E-state index in [4.69, 9.17) is 14.2 Å². The Morgan fingerprint density at radius 3 is 2.69 bits per heavy atom. The van der Waals surface area contributed by atoms with E-state index in [1.807, 2.05) is 36.4 Å². The van der Waals surface area contributed by atoms with E-state index in [-0.39, 0.29) is 25.1 Å². The second kappa shape index (κ2) is 8.20. The van der Waals surface area contributed by atoms with Gasteiger partial charge in [0.2, 0.25) is 12.7 Å². The summed E-state index contributed by atoms with van der Waals surface area (Å²) in [5.74, 6) is 0.647. The summed E-state index contributed by atoms with van der Waals surface area (Å²) in [6, 6.07) is 14.3. The number of carbonyl (C=O) groups is 2. The van der Waals surface area contributed by atoms with Gasteiger partial charge in [-0.2, -0.15) is 0 Å². The van der Waals surface area contributed by atoms with Gasteiger partial charge in [-0.1, -0.05) is 36.4 Å². The molecule has 0 aliphatic carbocycles. The predicted molar refractivity (Wildman–Crippen MR) is 95.6 cm³/mol. The van der Waals surface area contributed by atoms with E-state index in [9.17, 15) is 9.59 Å². The fraction of sp³-hybridized carbons (Fsp3) is 0.200. The van der Waals surface area contributed by atoms with Crippen LogP contribution in [0.5, 0.6) is 11.5 Å². The summed E-state index contributed by atoms with van der Waals surface area (Å²) in [7, 11) is 1.33. The molecule has 0 saturated heterocycles. The van der Waals surface area contributed by atoms with Gasteiger partial charge in [-0.05, 0) is 29.3 Å². The van der Waals surface area contributed by atoms with Crippen LogP contribution in [0.15, 0.2) is 54.6 Å². The van der Waals surface area contributed by atoms with Crippen LogP contribution >= 0.6 is 0 Å². The molecule has 2 aromatic carbocycles. The maximum Gasteiger partial charge on any atom is 0.307 e. The number of hydrogen-bond acceptors (Lipinski definition) is 5. The highest BCUT2D eigenvalue weighted by Crippen LogP contribution is 2.32. The molecule has 3 rings (SSSR count). The molecule has 0 saturated carbocycles. The summed E-state index contributed by atoms with van der Waals surface area (Å²) >= 11 is 0. The minimum atomic E-state index is -0.461. The Hall–Kier alpha value is -3.28. The Morgan fingerprint density at radius 1 is 1.15 bits per heavy atom. The Kier molecular flexibility index (Phi) is 5.53. The fourth-order valence-electron chi connectivity index (χ4n) is 2.60. The maximum atomic E-state index is 12.3. The molecule has 1 aliphatic heterocycles. The molecule has 6 heteroatoms. The van der Waals surface area contributed by atoms with E-state index in [1.165, 1.54) is 13.2 Å². The molecule has 0 spiro atoms. The average Bonchev–Trinajstić information content (AvgIpc) is 3.14. The molecule has 134 valence electrons. The summed E-state index contributed by atoms with van der Waals surface area (Å²) in [5.41, 5.74) is 1.65. The molecule has 0 bridgehead atoms. The Morgan fingerprint density at radius 2 is 1.92 bits per heavy atom. The van der Waals surface area contributed by atoms with Crippen LogP contribution in [0.25, 0.3) is 6.08 Å². The molecule has 1 N–H and O–H groups in total. The largest absolute Gasteiger partial charge is 0.469 e. The lowest BCUT2D eigenvalue weighted by Gasteiger charge is -2.17. The van der Waals surface area contributed by atoms with Crippen molar-refractivity contribution in [2.45, 2.75) is 12.5 Å². The topological polar surface area (TPSA) is 73.9 Å². The van der Waals surface area contributed by atoms with E-state index < -0.39 is 6.04 Å². The van der Waals surface area contributed by atoms with E-state index in [1.54, 1.807) is 18.2 Å². The minimum Gasteiger partial charge on any atom is -0.469 e. The number of nitrogens with one attached hydrogen (secondary N) is 1. The molecule has 26 heavy (non-hydrogen) atoms. The molecule has 1 atom stereocenters. The summed E-state index contributed by atoms with van der Waals surface area (Å²) in [6.45, 7) is 0.204. The van der Waals surface area contributed by atoms with Crippen molar-refractivity contribution in [3.8, 4) is 11.5 Å². The number of hydrogen-bond donors (Lipinski definition) is 1. The summed E-state index contributed by atoms with van der Waals surface area (Å²) < 4.78 is 15.3. The first-order valence-electron chi connectivity index (χ1n) is 8.15. The zero-order valence-electron chi connectivity index (χ0n) is 14.3. The molecule has 1 heterocycles. The smallest absolute Gasteiger partial charge is 0.307 e. The van der Waals surface area contributed by atoms with Crippen LogP contribution in [0.2, 0.25) is 0 Å². The number of esters is 1. The third-order valence-electron chi connectivity index (χ3n) is 3.94. The highest BCUT2D eigenvalue weighted by atomic mass is 16.7. The Bertz CT molecular complexity index is 816. The van der Waals surface area contributed by atoms with Gasteiger partial charge in [-0.3, -0.25) is 9.59 Å². The number of ether oxygens (including phenoxy) is 3. The van der Waals surface area contributed by atoms with E-state index in [0.717, 1.165) is 11.1 Å². The quantitative estimate of drug-likeness (QED) is 0.638. The van der Waals surface area contributed by atoms with Crippen LogP contribution in [-0.2, 0) is 14.3 Å². The van der Waals surface area contributed by atoms with Crippen molar-refractivity contribution in [3.63, 3.8) is 0 Å². The van der Waals surface area contributed by atoms with Gasteiger partial charge in [0.05, 0.1) is 19.6 Å². The zero-order valence-corrected chi connectivity index (χ0v) is 14.3. The van der Waals surface area contributed by atoms with Gasteiger partial charge in [0, 0.05) is 6.08 Å². The first-order valence-corrected chi connectivity index (χ1v) is 8.15. The minimum absolute atomic E-state index is 0.0596. The summed E-state index contributed by atoms with van der Waals surface area (Å²) in [4.78, 5) is 23.9. The fourth-order valence-corrected chi connectivity index (χ4v) is 2.60. The van der Waals surface area contributed by atoms with Crippen LogP contribution in [-0.4, -0.2) is 25.8 Å². The number of amides is 1. The van der Waals surface area contributed by atoms with Gasteiger partial charge >= 0.3 is 5.97 Å². The van der Waals surface area contributed by atoms with Crippen molar-refractivity contribution in [3.05, 3.63) is 65.7 Å². The lowest BCUT2D eigenvalue weighted by Crippen LogP contribution is -2.29. The number of carbonyl (C=O) groups excluding carboxylic acids is 2. The van der Waals surface area contributed by atoms with Crippen molar-refractivity contribution in [2.24, 2.45) is 0 Å². The van der Waals surface area contributed by atoms with E-state index in [0.29, 0.717) is 11.5 Å². The van der Waals surface area contributed by atoms with Crippen molar-refractivity contribution in [2.75, 3.05) is 13.9 Å². The molecule has 0 fully saturated rings. The van der Waals surface area contributed by atoms with Crippen molar-refractivity contribution in [1.82, 2.24) is 5.32 Å². The molecular formula is C20H19NO5. The summed E-state index contributed by atoms with van der Waals surface area (Å²) in [6.07, 6.45) is 3.16. The highest BCUT2D eigenvalue weighted by Gasteiger charge is 2.18. The second-order valence-corrected chi connectivity index (χ2v) is 5.70. The van der Waals surface area contributed by atoms with E-state index in [2.05, 4.69) is 5.32 Å². The molecule has 6 nitrogen and oxygen atoms in total. The second-order valence-electron chi connectivity index (χ2n) is 5.70. The van der Waals surface area contributed by atoms with Gasteiger partial charge in [0.15, 0.2) is 11.5 Å². The molecule has 0 radical (unpaired) electrons. The monoisotopic (exact) mass is 353 g/mol. The molecule has 0 aromatic heterocycles. The van der Waals surface area contributed by atoms with Crippen LogP contribution in [0, 0.1) is 0 Å². The van der Waals surface area contributed by atoms with Crippen molar-refractivity contribution in [1.29, 1.82) is 0 Å². The van der Waals surface area contributed by atoms with Gasteiger partial charge in [0.25, 0.3) is 0 Å². The van der Waals surface area contributed by atoms with Crippen LogP contribution in [0.1, 0.15) is 23.6 Å². The average molecular weight is 353 g/mol. The number of methoxy groups -OCH3 is 1. The summed E-state index contributed by atoms with van der Waals surface area (Å²) in [5, 5.41) is 2.84. The lowest BCUT2D eigenvalue weighted by molar-refractivity contribution is -0.141. The van der Waals surface area contributed by atoms with Gasteiger partial charge in [-0.15, -0.1) is 0 Å². The molecule has 2 aromatic rings. The third-order valence-corrected chi connectivity index (χ3v) is 3.94.